The van der Waals surface area contributed by atoms with E-state index in [1.54, 1.807) is 12.4 Å². The molecule has 7 heteroatoms. The molecule has 0 saturated heterocycles. The van der Waals surface area contributed by atoms with Gasteiger partial charge in [-0.3, -0.25) is 4.98 Å². The maximum atomic E-state index is 9.38. The first-order valence-corrected chi connectivity index (χ1v) is 13.2. The molecule has 0 amide bonds. The number of hydrogen-bond donors (Lipinski definition) is 1. The van der Waals surface area contributed by atoms with Crippen LogP contribution < -0.4 is 5.32 Å². The van der Waals surface area contributed by atoms with E-state index in [0.717, 1.165) is 43.0 Å². The Morgan fingerprint density at radius 2 is 1.89 bits per heavy atom. The summed E-state index contributed by atoms with van der Waals surface area (Å²) < 4.78 is 6.79. The lowest BCUT2D eigenvalue weighted by Crippen LogP contribution is -2.41. The molecule has 0 bridgehead atoms. The second kappa shape index (κ2) is 9.71. The summed E-state index contributed by atoms with van der Waals surface area (Å²) in [6.07, 6.45) is 5.87. The molecule has 150 valence electrons. The maximum Gasteiger partial charge on any atom is 0.192 e. The molecule has 1 aromatic heterocycles. The highest BCUT2D eigenvalue weighted by Crippen LogP contribution is 2.39. The quantitative estimate of drug-likeness (QED) is 0.481. The van der Waals surface area contributed by atoms with Crippen molar-refractivity contribution in [3.8, 4) is 6.07 Å². The SMILES string of the molecule is CC[Si](CC)(CC)OC(CNC1CCC(C)(C#N)C1)c1c(Cl)cncc1Cl. The van der Waals surface area contributed by atoms with Crippen molar-refractivity contribution in [2.75, 3.05) is 6.54 Å². The first-order valence-electron chi connectivity index (χ1n) is 9.93. The minimum absolute atomic E-state index is 0.201. The summed E-state index contributed by atoms with van der Waals surface area (Å²) >= 11 is 12.9. The van der Waals surface area contributed by atoms with Gasteiger partial charge in [-0.25, -0.2) is 0 Å². The molecule has 0 aromatic carbocycles. The number of nitrogens with zero attached hydrogens (tertiary/aromatic N) is 2. The molecule has 1 saturated carbocycles. The predicted molar refractivity (Wildman–Crippen MR) is 115 cm³/mol. The molecular weight excluding hydrogens is 397 g/mol. The van der Waals surface area contributed by atoms with Gasteiger partial charge in [0.25, 0.3) is 0 Å². The minimum atomic E-state index is -1.85. The highest BCUT2D eigenvalue weighted by atomic mass is 35.5. The van der Waals surface area contributed by atoms with Crippen LogP contribution in [0.15, 0.2) is 12.4 Å². The normalized spacial score (nSPS) is 24.0. The van der Waals surface area contributed by atoms with E-state index >= 15 is 0 Å². The standard InChI is InChI=1S/C20H31Cl2N3OSi/c1-5-27(6-2,7-3)26-18(19-16(21)11-24-12-17(19)22)13-25-15-8-9-20(4,10-15)14-23/h11-12,15,18,25H,5-10,13H2,1-4H3. The van der Waals surface area contributed by atoms with Crippen LogP contribution in [0.4, 0.5) is 0 Å². The van der Waals surface area contributed by atoms with Gasteiger partial charge in [-0.15, -0.1) is 0 Å². The molecule has 1 fully saturated rings. The van der Waals surface area contributed by atoms with E-state index in [2.05, 4.69) is 37.1 Å². The topological polar surface area (TPSA) is 57.9 Å². The van der Waals surface area contributed by atoms with Crippen molar-refractivity contribution < 1.29 is 4.43 Å². The van der Waals surface area contributed by atoms with Crippen molar-refractivity contribution in [1.82, 2.24) is 10.3 Å². The van der Waals surface area contributed by atoms with E-state index in [-0.39, 0.29) is 11.5 Å². The van der Waals surface area contributed by atoms with E-state index in [1.807, 2.05) is 6.92 Å². The van der Waals surface area contributed by atoms with Gasteiger partial charge in [0.1, 0.15) is 0 Å². The molecule has 4 nitrogen and oxygen atoms in total. The number of hydrogen-bond acceptors (Lipinski definition) is 4. The van der Waals surface area contributed by atoms with Crippen LogP contribution in [0.3, 0.4) is 0 Å². The van der Waals surface area contributed by atoms with Crippen LogP contribution in [0.5, 0.6) is 0 Å². The summed E-state index contributed by atoms with van der Waals surface area (Å²) in [4.78, 5) is 4.09. The Kier molecular flexibility index (Phi) is 8.14. The molecule has 3 atom stereocenters. The van der Waals surface area contributed by atoms with Gasteiger partial charge in [-0.1, -0.05) is 44.0 Å². The first-order chi connectivity index (χ1) is 12.8. The molecule has 1 aromatic rings. The molecule has 1 aliphatic carbocycles. The van der Waals surface area contributed by atoms with E-state index < -0.39 is 8.32 Å². The Hall–Kier alpha value is -0.643. The number of aromatic nitrogens is 1. The summed E-state index contributed by atoms with van der Waals surface area (Å²) in [6, 6.07) is 5.97. The third kappa shape index (κ3) is 5.46. The molecule has 1 heterocycles. The summed E-state index contributed by atoms with van der Waals surface area (Å²) in [5, 5.41) is 14.1. The summed E-state index contributed by atoms with van der Waals surface area (Å²) in [6.45, 7) is 9.34. The van der Waals surface area contributed by atoms with Crippen molar-refractivity contribution in [3.05, 3.63) is 28.0 Å². The third-order valence-electron chi connectivity index (χ3n) is 6.14. The highest BCUT2D eigenvalue weighted by Gasteiger charge is 2.37. The number of rotatable bonds is 9. The second-order valence-corrected chi connectivity index (χ2v) is 13.4. The van der Waals surface area contributed by atoms with E-state index in [1.165, 1.54) is 0 Å². The van der Waals surface area contributed by atoms with Gasteiger partial charge >= 0.3 is 0 Å². The summed E-state index contributed by atoms with van der Waals surface area (Å²) in [5.74, 6) is 0. The maximum absolute atomic E-state index is 9.38. The van der Waals surface area contributed by atoms with Crippen molar-refractivity contribution in [1.29, 1.82) is 5.26 Å². The smallest absolute Gasteiger partial charge is 0.192 e. The van der Waals surface area contributed by atoms with Crippen molar-refractivity contribution in [2.45, 2.75) is 77.2 Å². The first kappa shape index (κ1) is 22.6. The second-order valence-electron chi connectivity index (χ2n) is 7.89. The van der Waals surface area contributed by atoms with Crippen LogP contribution in [-0.4, -0.2) is 25.9 Å². The van der Waals surface area contributed by atoms with Crippen LogP contribution in [0.2, 0.25) is 28.2 Å². The van der Waals surface area contributed by atoms with E-state index in [4.69, 9.17) is 27.6 Å². The van der Waals surface area contributed by atoms with Crippen molar-refractivity contribution in [2.24, 2.45) is 5.41 Å². The Morgan fingerprint density at radius 1 is 1.30 bits per heavy atom. The lowest BCUT2D eigenvalue weighted by molar-refractivity contribution is 0.180. The number of nitriles is 1. The summed E-state index contributed by atoms with van der Waals surface area (Å²) in [7, 11) is -1.85. The van der Waals surface area contributed by atoms with Gasteiger partial charge in [0, 0.05) is 30.5 Å². The lowest BCUT2D eigenvalue weighted by atomic mass is 9.91. The van der Waals surface area contributed by atoms with Crippen LogP contribution >= 0.6 is 23.2 Å². The Labute approximate surface area is 174 Å². The van der Waals surface area contributed by atoms with E-state index in [0.29, 0.717) is 22.6 Å². The van der Waals surface area contributed by atoms with Gasteiger partial charge in [0.15, 0.2) is 8.32 Å². The Morgan fingerprint density at radius 3 is 2.37 bits per heavy atom. The molecule has 27 heavy (non-hydrogen) atoms. The molecule has 3 unspecified atom stereocenters. The molecule has 0 aliphatic heterocycles. The van der Waals surface area contributed by atoms with Crippen LogP contribution in [0.1, 0.15) is 58.6 Å². The Balaban J connectivity index is 2.22. The van der Waals surface area contributed by atoms with Gasteiger partial charge in [-0.2, -0.15) is 5.26 Å². The third-order valence-corrected chi connectivity index (χ3v) is 11.4. The van der Waals surface area contributed by atoms with Gasteiger partial charge in [0.2, 0.25) is 0 Å². The number of nitrogens with one attached hydrogen (secondary N) is 1. The van der Waals surface area contributed by atoms with Gasteiger partial charge in [-0.05, 0) is 44.3 Å². The largest absolute Gasteiger partial charge is 0.409 e. The fourth-order valence-corrected chi connectivity index (χ4v) is 7.44. The fourth-order valence-electron chi connectivity index (χ4n) is 4.02. The zero-order valence-electron chi connectivity index (χ0n) is 16.8. The van der Waals surface area contributed by atoms with Crippen molar-refractivity contribution in [3.63, 3.8) is 0 Å². The molecule has 0 spiro atoms. The van der Waals surface area contributed by atoms with Crippen LogP contribution in [0, 0.1) is 16.7 Å². The zero-order valence-corrected chi connectivity index (χ0v) is 19.3. The zero-order chi connectivity index (χ0) is 20.1. The predicted octanol–water partition coefficient (Wildman–Crippen LogP) is 6.12. The molecular formula is C20H31Cl2N3OSi. The molecule has 1 aliphatic rings. The molecule has 2 rings (SSSR count). The minimum Gasteiger partial charge on any atom is -0.409 e. The molecule has 0 radical (unpaired) electrons. The number of halogens is 2. The lowest BCUT2D eigenvalue weighted by Gasteiger charge is -2.35. The summed E-state index contributed by atoms with van der Waals surface area (Å²) in [5.41, 5.74) is 0.600. The average molecular weight is 428 g/mol. The van der Waals surface area contributed by atoms with Gasteiger partial charge < -0.3 is 9.74 Å². The van der Waals surface area contributed by atoms with Crippen LogP contribution in [-0.2, 0) is 4.43 Å². The number of pyridine rings is 1. The van der Waals surface area contributed by atoms with E-state index in [9.17, 15) is 5.26 Å². The van der Waals surface area contributed by atoms with Crippen molar-refractivity contribution >= 4 is 31.5 Å². The fraction of sp³-hybridized carbons (Fsp3) is 0.700. The monoisotopic (exact) mass is 427 g/mol. The van der Waals surface area contributed by atoms with Crippen LogP contribution in [0.25, 0.3) is 0 Å². The molecule has 1 N–H and O–H groups in total. The van der Waals surface area contributed by atoms with Gasteiger partial charge in [0.05, 0.1) is 27.6 Å². The average Bonchev–Trinajstić information content (AvgIpc) is 3.05. The highest BCUT2D eigenvalue weighted by molar-refractivity contribution is 6.73. The Bertz CT molecular complexity index is 649.